The minimum atomic E-state index is -0.912. The first-order valence-corrected chi connectivity index (χ1v) is 9.97. The van der Waals surface area contributed by atoms with Crippen molar-refractivity contribution in [3.05, 3.63) is 113 Å². The molecule has 0 unspecified atom stereocenters. The Hall–Kier alpha value is -3.63. The predicted molar refractivity (Wildman–Crippen MR) is 122 cm³/mol. The molecule has 0 aliphatic rings. The van der Waals surface area contributed by atoms with Crippen LogP contribution < -0.4 is 5.32 Å². The lowest BCUT2D eigenvalue weighted by molar-refractivity contribution is 0.0685. The summed E-state index contributed by atoms with van der Waals surface area (Å²) >= 11 is 0. The Morgan fingerprint density at radius 2 is 1.60 bits per heavy atom. The van der Waals surface area contributed by atoms with E-state index in [1.807, 2.05) is 71.3 Å². The maximum absolute atomic E-state index is 12.3. The molecule has 4 nitrogen and oxygen atoms in total. The zero-order chi connectivity index (χ0) is 20.9. The molecule has 0 spiro atoms. The number of nitrogens with one attached hydrogen (secondary N) is 1. The molecule has 0 atom stereocenters. The second-order valence-corrected chi connectivity index (χ2v) is 7.27. The van der Waals surface area contributed by atoms with Gasteiger partial charge in [-0.25, -0.2) is 4.79 Å². The molecular weight excluding hydrogens is 372 g/mol. The van der Waals surface area contributed by atoms with E-state index < -0.39 is 5.97 Å². The number of hydrogen-bond acceptors (Lipinski definition) is 2. The lowest BCUT2D eigenvalue weighted by atomic mass is 10.1. The van der Waals surface area contributed by atoms with Crippen molar-refractivity contribution in [3.8, 4) is 0 Å². The number of carboxylic acid groups (broad SMARTS) is 1. The summed E-state index contributed by atoms with van der Waals surface area (Å²) in [6.07, 6.45) is 1.80. The maximum Gasteiger partial charge on any atom is 0.352 e. The van der Waals surface area contributed by atoms with Crippen LogP contribution in [-0.4, -0.2) is 15.6 Å². The van der Waals surface area contributed by atoms with Crippen LogP contribution in [0.3, 0.4) is 0 Å². The van der Waals surface area contributed by atoms with Crippen LogP contribution in [0.25, 0.3) is 17.0 Å². The van der Waals surface area contributed by atoms with E-state index in [1.165, 1.54) is 5.56 Å². The summed E-state index contributed by atoms with van der Waals surface area (Å²) in [4.78, 5) is 12.3. The zero-order valence-corrected chi connectivity index (χ0v) is 16.7. The van der Waals surface area contributed by atoms with Crippen LogP contribution in [0.5, 0.6) is 0 Å². The number of nitrogens with zero attached hydrogens (tertiary/aromatic N) is 1. The maximum atomic E-state index is 12.3. The van der Waals surface area contributed by atoms with Gasteiger partial charge in [-0.15, -0.1) is 0 Å². The summed E-state index contributed by atoms with van der Waals surface area (Å²) in [6, 6.07) is 26.0. The van der Waals surface area contributed by atoms with E-state index in [-0.39, 0.29) is 0 Å². The number of fused-ring (bicyclic) bond motifs is 1. The van der Waals surface area contributed by atoms with Gasteiger partial charge in [0.05, 0.1) is 0 Å². The molecule has 0 saturated carbocycles. The molecule has 0 bridgehead atoms. The Morgan fingerprint density at radius 3 is 2.30 bits per heavy atom. The molecule has 4 heteroatoms. The molecular formula is C26H24N2O2. The summed E-state index contributed by atoms with van der Waals surface area (Å²) in [7, 11) is 0. The summed E-state index contributed by atoms with van der Waals surface area (Å²) in [5, 5.41) is 14.4. The van der Waals surface area contributed by atoms with Crippen molar-refractivity contribution in [1.82, 2.24) is 9.88 Å². The highest BCUT2D eigenvalue weighted by molar-refractivity contribution is 5.98. The van der Waals surface area contributed by atoms with Gasteiger partial charge in [0, 0.05) is 36.1 Å². The SMILES string of the molecule is C=Cc1ccc(Cn2c(C(=O)O)c(CNCc3ccccc3)c3ccccc32)cc1. The van der Waals surface area contributed by atoms with Gasteiger partial charge in [0.2, 0.25) is 0 Å². The number of aromatic carboxylic acids is 1. The Bertz CT molecular complexity index is 1180. The molecule has 1 aromatic heterocycles. The van der Waals surface area contributed by atoms with Crippen molar-refractivity contribution < 1.29 is 9.90 Å². The van der Waals surface area contributed by atoms with Gasteiger partial charge < -0.3 is 15.0 Å². The topological polar surface area (TPSA) is 54.3 Å². The van der Waals surface area contributed by atoms with Gasteiger partial charge in [-0.2, -0.15) is 0 Å². The first-order valence-electron chi connectivity index (χ1n) is 9.97. The highest BCUT2D eigenvalue weighted by Gasteiger charge is 2.22. The van der Waals surface area contributed by atoms with Crippen LogP contribution in [0.4, 0.5) is 0 Å². The lowest BCUT2D eigenvalue weighted by Crippen LogP contribution is -2.17. The van der Waals surface area contributed by atoms with E-state index in [2.05, 4.69) is 24.0 Å². The molecule has 0 aliphatic carbocycles. The van der Waals surface area contributed by atoms with Gasteiger partial charge >= 0.3 is 5.97 Å². The molecule has 1 heterocycles. The number of rotatable bonds is 8. The van der Waals surface area contributed by atoms with Crippen molar-refractivity contribution in [2.75, 3.05) is 0 Å². The molecule has 0 saturated heterocycles. The number of benzene rings is 3. The minimum Gasteiger partial charge on any atom is -0.477 e. The van der Waals surface area contributed by atoms with Crippen molar-refractivity contribution >= 4 is 22.9 Å². The first-order chi connectivity index (χ1) is 14.7. The van der Waals surface area contributed by atoms with Gasteiger partial charge in [-0.3, -0.25) is 0 Å². The minimum absolute atomic E-state index is 0.338. The second kappa shape index (κ2) is 8.80. The highest BCUT2D eigenvalue weighted by atomic mass is 16.4. The molecule has 150 valence electrons. The van der Waals surface area contributed by atoms with E-state index in [9.17, 15) is 9.90 Å². The van der Waals surface area contributed by atoms with Crippen molar-refractivity contribution in [1.29, 1.82) is 0 Å². The summed E-state index contributed by atoms with van der Waals surface area (Å²) in [6.45, 7) is 5.45. The smallest absolute Gasteiger partial charge is 0.352 e. The predicted octanol–water partition coefficient (Wildman–Crippen LogP) is 5.32. The fraction of sp³-hybridized carbons (Fsp3) is 0.115. The fourth-order valence-corrected chi connectivity index (χ4v) is 3.83. The molecule has 4 aromatic rings. The second-order valence-electron chi connectivity index (χ2n) is 7.27. The van der Waals surface area contributed by atoms with Gasteiger partial charge in [0.25, 0.3) is 0 Å². The summed E-state index contributed by atoms with van der Waals surface area (Å²) in [5.74, 6) is -0.912. The van der Waals surface area contributed by atoms with Gasteiger partial charge in [0.1, 0.15) is 5.69 Å². The third kappa shape index (κ3) is 4.04. The average molecular weight is 396 g/mol. The molecule has 0 radical (unpaired) electrons. The molecule has 4 rings (SSSR count). The number of carboxylic acids is 1. The van der Waals surface area contributed by atoms with Crippen LogP contribution in [0.15, 0.2) is 85.4 Å². The fourth-order valence-electron chi connectivity index (χ4n) is 3.83. The average Bonchev–Trinajstić information content (AvgIpc) is 3.09. The normalized spacial score (nSPS) is 10.9. The number of hydrogen-bond donors (Lipinski definition) is 2. The molecule has 3 aromatic carbocycles. The zero-order valence-electron chi connectivity index (χ0n) is 16.7. The number of para-hydroxylation sites is 1. The Kier molecular flexibility index (Phi) is 5.77. The van der Waals surface area contributed by atoms with Crippen LogP contribution in [0, 0.1) is 0 Å². The molecule has 0 aliphatic heterocycles. The van der Waals surface area contributed by atoms with E-state index in [0.717, 1.165) is 27.6 Å². The Morgan fingerprint density at radius 1 is 0.900 bits per heavy atom. The Balaban J connectivity index is 1.69. The van der Waals surface area contributed by atoms with Crippen molar-refractivity contribution in [2.45, 2.75) is 19.6 Å². The van der Waals surface area contributed by atoms with Crippen LogP contribution in [0.1, 0.15) is 32.7 Å². The monoisotopic (exact) mass is 396 g/mol. The Labute approximate surface area is 176 Å². The largest absolute Gasteiger partial charge is 0.477 e. The summed E-state index contributed by atoms with van der Waals surface area (Å²) < 4.78 is 1.90. The standard InChI is InChI=1S/C26H24N2O2/c1-2-19-12-14-21(15-13-19)18-28-24-11-7-6-10-22(24)23(25(28)26(29)30)17-27-16-20-8-4-3-5-9-20/h2-15,27H,1,16-18H2,(H,29,30). The van der Waals surface area contributed by atoms with Gasteiger partial charge in [-0.05, 0) is 22.8 Å². The molecule has 0 fully saturated rings. The van der Waals surface area contributed by atoms with Gasteiger partial charge in [0.15, 0.2) is 0 Å². The number of carbonyl (C=O) groups is 1. The van der Waals surface area contributed by atoms with E-state index in [1.54, 1.807) is 6.08 Å². The first kappa shape index (κ1) is 19.7. The van der Waals surface area contributed by atoms with Crippen LogP contribution >= 0.6 is 0 Å². The number of aromatic nitrogens is 1. The summed E-state index contributed by atoms with van der Waals surface area (Å²) in [5.41, 5.74) is 5.34. The lowest BCUT2D eigenvalue weighted by Gasteiger charge is -2.10. The molecule has 2 N–H and O–H groups in total. The van der Waals surface area contributed by atoms with Crippen molar-refractivity contribution in [3.63, 3.8) is 0 Å². The van der Waals surface area contributed by atoms with E-state index in [4.69, 9.17) is 0 Å². The third-order valence-corrected chi connectivity index (χ3v) is 5.31. The third-order valence-electron chi connectivity index (χ3n) is 5.31. The van der Waals surface area contributed by atoms with Crippen LogP contribution in [-0.2, 0) is 19.6 Å². The molecule has 30 heavy (non-hydrogen) atoms. The van der Waals surface area contributed by atoms with Crippen LogP contribution in [0.2, 0.25) is 0 Å². The van der Waals surface area contributed by atoms with Crippen molar-refractivity contribution in [2.24, 2.45) is 0 Å². The van der Waals surface area contributed by atoms with E-state index >= 15 is 0 Å². The highest BCUT2D eigenvalue weighted by Crippen LogP contribution is 2.28. The molecule has 0 amide bonds. The van der Waals surface area contributed by atoms with Gasteiger partial charge in [-0.1, -0.05) is 85.5 Å². The quantitative estimate of drug-likeness (QED) is 0.424. The van der Waals surface area contributed by atoms with E-state index in [0.29, 0.717) is 25.3 Å².